The molecule has 1 fully saturated rings. The molecule has 12 nitrogen and oxygen atoms in total. The van der Waals surface area contributed by atoms with Gasteiger partial charge in [-0.25, -0.2) is 4.72 Å². The van der Waals surface area contributed by atoms with Crippen LogP contribution in [0.4, 0.5) is 5.69 Å². The monoisotopic (exact) mass is 723 g/mol. The van der Waals surface area contributed by atoms with Crippen molar-refractivity contribution in [1.82, 2.24) is 19.2 Å². The van der Waals surface area contributed by atoms with E-state index in [1.54, 1.807) is 24.1 Å². The summed E-state index contributed by atoms with van der Waals surface area (Å²) in [4.78, 5) is 43.0. The van der Waals surface area contributed by atoms with Gasteiger partial charge in [0.25, 0.3) is 11.8 Å². The highest BCUT2D eigenvalue weighted by Gasteiger charge is 2.29. The maximum absolute atomic E-state index is 14.4. The Hall–Kier alpha value is -4.20. The number of carbonyl (C=O) groups excluding carboxylic acids is 3. The SMILES string of the molecule is CCCCC(CCC)/C1=C\c2ccc(OC)cc2/C=C(/C(=O)N2CCOC(CNC(C)=O)C2)CN(C)c2cc(C(=O)NS(=O)(=O)N(C)C)ccc21. The van der Waals surface area contributed by atoms with Crippen LogP contribution < -0.4 is 19.7 Å². The van der Waals surface area contributed by atoms with Crippen molar-refractivity contribution in [3.05, 3.63) is 64.2 Å². The number of methoxy groups -OCH3 is 1. The molecule has 2 unspecified atom stereocenters. The Balaban J connectivity index is 1.91. The van der Waals surface area contributed by atoms with E-state index in [0.29, 0.717) is 43.3 Å². The molecule has 13 heteroatoms. The number of amides is 3. The third-order valence-electron chi connectivity index (χ3n) is 9.29. The van der Waals surface area contributed by atoms with E-state index in [9.17, 15) is 22.8 Å². The molecule has 3 amide bonds. The first-order chi connectivity index (χ1) is 24.3. The Morgan fingerprint density at radius 2 is 1.80 bits per heavy atom. The maximum Gasteiger partial charge on any atom is 0.303 e. The molecular formula is C38H53N5O7S. The molecule has 2 aliphatic rings. The van der Waals surface area contributed by atoms with Gasteiger partial charge < -0.3 is 24.6 Å². The minimum atomic E-state index is -4.03. The first-order valence-electron chi connectivity index (χ1n) is 17.6. The van der Waals surface area contributed by atoms with Gasteiger partial charge in [0.15, 0.2) is 0 Å². The molecule has 51 heavy (non-hydrogen) atoms. The Kier molecular flexibility index (Phi) is 13.8. The highest BCUT2D eigenvalue weighted by Crippen LogP contribution is 2.40. The Morgan fingerprint density at radius 3 is 2.47 bits per heavy atom. The number of hydrogen-bond acceptors (Lipinski definition) is 8. The largest absolute Gasteiger partial charge is 0.497 e. The fourth-order valence-electron chi connectivity index (χ4n) is 6.47. The molecule has 2 aliphatic heterocycles. The van der Waals surface area contributed by atoms with Crippen LogP contribution in [0.2, 0.25) is 0 Å². The van der Waals surface area contributed by atoms with Crippen molar-refractivity contribution in [3.63, 3.8) is 0 Å². The minimum Gasteiger partial charge on any atom is -0.497 e. The number of carbonyl (C=O) groups is 3. The fourth-order valence-corrected chi connectivity index (χ4v) is 7.00. The second kappa shape index (κ2) is 17.8. The van der Waals surface area contributed by atoms with Crippen LogP contribution in [0.1, 0.15) is 79.9 Å². The van der Waals surface area contributed by atoms with Gasteiger partial charge in [-0.05, 0) is 65.8 Å². The van der Waals surface area contributed by atoms with Crippen LogP contribution in [0.25, 0.3) is 17.7 Å². The number of ether oxygens (including phenoxy) is 2. The Morgan fingerprint density at radius 1 is 1.04 bits per heavy atom. The summed E-state index contributed by atoms with van der Waals surface area (Å²) in [5, 5.41) is 2.78. The molecule has 0 radical (unpaired) electrons. The molecule has 0 saturated carbocycles. The maximum atomic E-state index is 14.4. The van der Waals surface area contributed by atoms with E-state index >= 15 is 0 Å². The van der Waals surface area contributed by atoms with Crippen LogP contribution in [-0.4, -0.2) is 102 Å². The zero-order valence-corrected chi connectivity index (χ0v) is 31.8. The highest BCUT2D eigenvalue weighted by atomic mass is 32.2. The first-order valence-corrected chi connectivity index (χ1v) is 19.1. The molecular weight excluding hydrogens is 671 g/mol. The van der Waals surface area contributed by atoms with E-state index in [4.69, 9.17) is 9.47 Å². The van der Waals surface area contributed by atoms with Crippen LogP contribution in [0.3, 0.4) is 0 Å². The van der Waals surface area contributed by atoms with Crippen molar-refractivity contribution in [1.29, 1.82) is 0 Å². The van der Waals surface area contributed by atoms with Gasteiger partial charge in [0.1, 0.15) is 5.75 Å². The number of morpholine rings is 1. The zero-order valence-electron chi connectivity index (χ0n) is 31.0. The van der Waals surface area contributed by atoms with Crippen LogP contribution in [0.5, 0.6) is 5.75 Å². The molecule has 2 N–H and O–H groups in total. The van der Waals surface area contributed by atoms with E-state index in [1.807, 2.05) is 42.3 Å². The lowest BCUT2D eigenvalue weighted by Gasteiger charge is -2.35. The van der Waals surface area contributed by atoms with Crippen molar-refractivity contribution < 1.29 is 32.3 Å². The van der Waals surface area contributed by atoms with Crippen molar-refractivity contribution in [2.24, 2.45) is 5.92 Å². The predicted octanol–water partition coefficient (Wildman–Crippen LogP) is 4.58. The molecule has 2 atom stereocenters. The number of allylic oxidation sites excluding steroid dienone is 1. The summed E-state index contributed by atoms with van der Waals surface area (Å²) >= 11 is 0. The lowest BCUT2D eigenvalue weighted by atomic mass is 9.82. The standard InChI is InChI=1S/C38H53N5O7S/c1-8-10-12-27(11-9-2)35-21-28-13-15-32(49-7)20-30(28)19-31(38(46)43-17-18-50-33(25-43)23-39-26(3)44)24-42(6)36-22-29(14-16-34(35)36)37(45)40-51(47,48)41(4)5/h13-16,19-22,27,33H,8-12,17-18,23-25H2,1-7H3,(H,39,44)(H,40,45)/b31-19+,35-21+. The van der Waals surface area contributed by atoms with Crippen LogP contribution >= 0.6 is 0 Å². The summed E-state index contributed by atoms with van der Waals surface area (Å²) in [7, 11) is 2.18. The van der Waals surface area contributed by atoms with E-state index in [1.165, 1.54) is 21.0 Å². The predicted molar refractivity (Wildman–Crippen MR) is 202 cm³/mol. The number of likely N-dealkylation sites (N-methyl/N-ethyl adjacent to an activating group) is 1. The number of unbranched alkanes of at least 4 members (excludes halogenated alkanes) is 1. The van der Waals surface area contributed by atoms with Gasteiger partial charge in [-0.3, -0.25) is 14.4 Å². The fraction of sp³-hybridized carbons (Fsp3) is 0.500. The summed E-state index contributed by atoms with van der Waals surface area (Å²) in [6, 6.07) is 11.1. The van der Waals surface area contributed by atoms with Gasteiger partial charge in [0.05, 0.1) is 19.8 Å². The smallest absolute Gasteiger partial charge is 0.303 e. The van der Waals surface area contributed by atoms with Gasteiger partial charge in [-0.2, -0.15) is 12.7 Å². The van der Waals surface area contributed by atoms with Crippen LogP contribution in [-0.2, 0) is 24.5 Å². The van der Waals surface area contributed by atoms with Crippen molar-refractivity contribution in [2.45, 2.75) is 59.0 Å². The van der Waals surface area contributed by atoms with Gasteiger partial charge in [0.2, 0.25) is 5.91 Å². The Bertz CT molecular complexity index is 1750. The van der Waals surface area contributed by atoms with E-state index in [2.05, 4.69) is 30.0 Å². The van der Waals surface area contributed by atoms with Crippen molar-refractivity contribution in [2.75, 3.05) is 65.9 Å². The average Bonchev–Trinajstić information content (AvgIpc) is 3.10. The molecule has 2 heterocycles. The third kappa shape index (κ3) is 10.2. The van der Waals surface area contributed by atoms with Crippen molar-refractivity contribution in [3.8, 4) is 5.75 Å². The lowest BCUT2D eigenvalue weighted by Crippen LogP contribution is -2.50. The highest BCUT2D eigenvalue weighted by molar-refractivity contribution is 7.87. The molecule has 0 bridgehead atoms. The zero-order chi connectivity index (χ0) is 37.3. The number of rotatable bonds is 13. The number of anilines is 1. The van der Waals surface area contributed by atoms with E-state index in [0.717, 1.165) is 58.7 Å². The number of benzene rings is 2. The normalized spacial score (nSPS) is 19.1. The molecule has 0 aromatic heterocycles. The quantitative estimate of drug-likeness (QED) is 0.307. The minimum absolute atomic E-state index is 0.168. The molecule has 2 aromatic rings. The molecule has 1 saturated heterocycles. The first kappa shape index (κ1) is 39.6. The topological polar surface area (TPSA) is 138 Å². The van der Waals surface area contributed by atoms with E-state index < -0.39 is 16.1 Å². The summed E-state index contributed by atoms with van der Waals surface area (Å²) in [6.45, 7) is 7.33. The summed E-state index contributed by atoms with van der Waals surface area (Å²) in [5.74, 6) is -0.209. The molecule has 0 spiro atoms. The third-order valence-corrected chi connectivity index (χ3v) is 10.7. The summed E-state index contributed by atoms with van der Waals surface area (Å²) < 4.78 is 39.7. The van der Waals surface area contributed by atoms with Gasteiger partial charge >= 0.3 is 10.2 Å². The molecule has 278 valence electrons. The number of nitrogens with one attached hydrogen (secondary N) is 2. The van der Waals surface area contributed by atoms with Gasteiger partial charge in [0, 0.05) is 76.6 Å². The van der Waals surface area contributed by atoms with Crippen LogP contribution in [0.15, 0.2) is 42.0 Å². The molecule has 0 aliphatic carbocycles. The summed E-state index contributed by atoms with van der Waals surface area (Å²) in [6.07, 6.45) is 8.77. The average molecular weight is 724 g/mol. The lowest BCUT2D eigenvalue weighted by molar-refractivity contribution is -0.134. The molecule has 4 rings (SSSR count). The Labute approximate surface area is 303 Å². The number of fused-ring (bicyclic) bond motifs is 2. The molecule has 2 aromatic carbocycles. The second-order valence-electron chi connectivity index (χ2n) is 13.4. The van der Waals surface area contributed by atoms with Crippen molar-refractivity contribution >= 4 is 51.3 Å². The summed E-state index contributed by atoms with van der Waals surface area (Å²) in [5.41, 5.74) is 5.18. The number of hydrogen-bond donors (Lipinski definition) is 2. The van der Waals surface area contributed by atoms with Gasteiger partial charge in [-0.15, -0.1) is 0 Å². The van der Waals surface area contributed by atoms with Gasteiger partial charge in [-0.1, -0.05) is 51.3 Å². The number of nitrogens with zero attached hydrogens (tertiary/aromatic N) is 3. The second-order valence-corrected chi connectivity index (χ2v) is 15.3. The van der Waals surface area contributed by atoms with Crippen LogP contribution in [0, 0.1) is 5.92 Å². The van der Waals surface area contributed by atoms with E-state index in [-0.39, 0.29) is 35.9 Å².